The first-order chi connectivity index (χ1) is 13.3. The predicted molar refractivity (Wildman–Crippen MR) is 107 cm³/mol. The molecule has 4 heterocycles. The molecule has 1 fully saturated rings. The largest absolute Gasteiger partial charge is 0.396 e. The molecule has 1 aliphatic rings. The number of thiophene rings is 1. The standard InChI is InChI=1S/C20H25N5OS/c26-12-6-17-14-23(10-11-24(17)16-19-5-2-13-27-19)15-18-4-1-9-25(18)20-21-7-3-8-22-20/h1-5,7-9,13,17,26H,6,10-12,14-16H2/t17-/m0/s1. The lowest BCUT2D eigenvalue weighted by atomic mass is 10.1. The van der Waals surface area contributed by atoms with E-state index in [9.17, 15) is 5.11 Å². The third kappa shape index (κ3) is 4.44. The van der Waals surface area contributed by atoms with Crippen molar-refractivity contribution in [2.45, 2.75) is 25.6 Å². The Morgan fingerprint density at radius 2 is 1.96 bits per heavy atom. The third-order valence-corrected chi connectivity index (χ3v) is 5.94. The molecule has 3 aromatic rings. The van der Waals surface area contributed by atoms with Crippen molar-refractivity contribution in [2.75, 3.05) is 26.2 Å². The summed E-state index contributed by atoms with van der Waals surface area (Å²) >= 11 is 1.81. The SMILES string of the molecule is OCC[C@H]1CN(Cc2cccn2-c2ncccn2)CCN1Cc1cccs1. The summed E-state index contributed by atoms with van der Waals surface area (Å²) in [7, 11) is 0. The molecule has 0 unspecified atom stereocenters. The van der Waals surface area contributed by atoms with Crippen LogP contribution in [0, 0.1) is 0 Å². The van der Waals surface area contributed by atoms with E-state index in [1.807, 2.05) is 18.3 Å². The Labute approximate surface area is 163 Å². The van der Waals surface area contributed by atoms with E-state index in [-0.39, 0.29) is 6.61 Å². The molecule has 0 aromatic carbocycles. The molecular formula is C20H25N5OS. The Bertz CT molecular complexity index is 820. The van der Waals surface area contributed by atoms with E-state index in [4.69, 9.17) is 0 Å². The molecule has 0 saturated carbocycles. The van der Waals surface area contributed by atoms with E-state index in [1.54, 1.807) is 23.7 Å². The van der Waals surface area contributed by atoms with Crippen LogP contribution in [0.2, 0.25) is 0 Å². The van der Waals surface area contributed by atoms with Crippen molar-refractivity contribution < 1.29 is 5.11 Å². The second kappa shape index (κ2) is 8.75. The predicted octanol–water partition coefficient (Wildman–Crippen LogP) is 2.40. The number of rotatable bonds is 7. The van der Waals surface area contributed by atoms with Crippen molar-refractivity contribution >= 4 is 11.3 Å². The minimum atomic E-state index is 0.230. The van der Waals surface area contributed by atoms with Crippen molar-refractivity contribution in [2.24, 2.45) is 0 Å². The average Bonchev–Trinajstić information content (AvgIpc) is 3.37. The van der Waals surface area contributed by atoms with Gasteiger partial charge in [-0.2, -0.15) is 0 Å². The third-order valence-electron chi connectivity index (χ3n) is 5.08. The lowest BCUT2D eigenvalue weighted by Gasteiger charge is -2.41. The van der Waals surface area contributed by atoms with Gasteiger partial charge in [-0.05, 0) is 36.1 Å². The minimum Gasteiger partial charge on any atom is -0.396 e. The minimum absolute atomic E-state index is 0.230. The van der Waals surface area contributed by atoms with Crippen molar-refractivity contribution in [1.82, 2.24) is 24.3 Å². The Hall–Kier alpha value is -2.06. The number of aliphatic hydroxyl groups excluding tert-OH is 1. The quantitative estimate of drug-likeness (QED) is 0.679. The molecule has 3 aromatic heterocycles. The summed E-state index contributed by atoms with van der Waals surface area (Å²) in [4.78, 5) is 15.1. The molecule has 0 spiro atoms. The van der Waals surface area contributed by atoms with Crippen LogP contribution in [-0.4, -0.2) is 61.7 Å². The van der Waals surface area contributed by atoms with Gasteiger partial charge < -0.3 is 5.11 Å². The van der Waals surface area contributed by atoms with E-state index in [2.05, 4.69) is 47.9 Å². The second-order valence-electron chi connectivity index (χ2n) is 6.87. The summed E-state index contributed by atoms with van der Waals surface area (Å²) in [5, 5.41) is 11.7. The highest BCUT2D eigenvalue weighted by molar-refractivity contribution is 7.09. The van der Waals surface area contributed by atoms with Crippen LogP contribution < -0.4 is 0 Å². The van der Waals surface area contributed by atoms with Gasteiger partial charge in [0.25, 0.3) is 0 Å². The molecule has 27 heavy (non-hydrogen) atoms. The van der Waals surface area contributed by atoms with Crippen LogP contribution in [-0.2, 0) is 13.1 Å². The van der Waals surface area contributed by atoms with Crippen LogP contribution in [0.4, 0.5) is 0 Å². The molecule has 0 radical (unpaired) electrons. The van der Waals surface area contributed by atoms with Gasteiger partial charge in [0.1, 0.15) is 0 Å². The van der Waals surface area contributed by atoms with Crippen molar-refractivity contribution in [3.63, 3.8) is 0 Å². The van der Waals surface area contributed by atoms with Gasteiger partial charge in [0.05, 0.1) is 0 Å². The first-order valence-electron chi connectivity index (χ1n) is 9.37. The van der Waals surface area contributed by atoms with Gasteiger partial charge in [-0.1, -0.05) is 6.07 Å². The lowest BCUT2D eigenvalue weighted by Crippen LogP contribution is -2.52. The monoisotopic (exact) mass is 383 g/mol. The maximum atomic E-state index is 9.53. The number of nitrogens with zero attached hydrogens (tertiary/aromatic N) is 5. The zero-order valence-electron chi connectivity index (χ0n) is 15.3. The average molecular weight is 384 g/mol. The summed E-state index contributed by atoms with van der Waals surface area (Å²) in [5.41, 5.74) is 1.19. The van der Waals surface area contributed by atoms with Crippen molar-refractivity contribution in [3.8, 4) is 5.95 Å². The van der Waals surface area contributed by atoms with Crippen LogP contribution in [0.25, 0.3) is 5.95 Å². The Kier molecular flexibility index (Phi) is 5.94. The smallest absolute Gasteiger partial charge is 0.233 e. The highest BCUT2D eigenvalue weighted by atomic mass is 32.1. The maximum Gasteiger partial charge on any atom is 0.233 e. The second-order valence-corrected chi connectivity index (χ2v) is 7.90. The van der Waals surface area contributed by atoms with Gasteiger partial charge in [-0.3, -0.25) is 14.4 Å². The Morgan fingerprint density at radius 3 is 2.74 bits per heavy atom. The summed E-state index contributed by atoms with van der Waals surface area (Å²) in [6.07, 6.45) is 6.37. The molecular weight excluding hydrogens is 358 g/mol. The van der Waals surface area contributed by atoms with Crippen molar-refractivity contribution in [3.05, 3.63) is 64.9 Å². The molecule has 7 heteroatoms. The molecule has 6 nitrogen and oxygen atoms in total. The van der Waals surface area contributed by atoms with Crippen molar-refractivity contribution in [1.29, 1.82) is 0 Å². The van der Waals surface area contributed by atoms with Gasteiger partial charge in [-0.25, -0.2) is 9.97 Å². The van der Waals surface area contributed by atoms with Crippen LogP contribution in [0.3, 0.4) is 0 Å². The molecule has 1 saturated heterocycles. The van der Waals surface area contributed by atoms with E-state index in [1.165, 1.54) is 10.6 Å². The van der Waals surface area contributed by atoms with Gasteiger partial charge in [0.15, 0.2) is 0 Å². The molecule has 1 atom stereocenters. The number of hydrogen-bond acceptors (Lipinski definition) is 6. The highest BCUT2D eigenvalue weighted by Crippen LogP contribution is 2.21. The number of piperazine rings is 1. The van der Waals surface area contributed by atoms with Crippen LogP contribution in [0.5, 0.6) is 0 Å². The van der Waals surface area contributed by atoms with E-state index in [0.29, 0.717) is 12.0 Å². The van der Waals surface area contributed by atoms with Crippen LogP contribution >= 0.6 is 11.3 Å². The topological polar surface area (TPSA) is 57.4 Å². The number of aromatic nitrogens is 3. The lowest BCUT2D eigenvalue weighted by molar-refractivity contribution is 0.0498. The number of aliphatic hydroxyl groups is 1. The van der Waals surface area contributed by atoms with Gasteiger partial charge in [0.2, 0.25) is 5.95 Å². The molecule has 0 bridgehead atoms. The fourth-order valence-electron chi connectivity index (χ4n) is 3.72. The first-order valence-corrected chi connectivity index (χ1v) is 10.2. The molecule has 1 N–H and O–H groups in total. The molecule has 0 aliphatic carbocycles. The Morgan fingerprint density at radius 1 is 1.07 bits per heavy atom. The molecule has 142 valence electrons. The Balaban J connectivity index is 1.43. The molecule has 0 amide bonds. The summed E-state index contributed by atoms with van der Waals surface area (Å²) < 4.78 is 2.05. The fourth-order valence-corrected chi connectivity index (χ4v) is 4.45. The number of hydrogen-bond donors (Lipinski definition) is 1. The zero-order valence-corrected chi connectivity index (χ0v) is 16.1. The normalized spacial score (nSPS) is 18.8. The van der Waals surface area contributed by atoms with Crippen LogP contribution in [0.1, 0.15) is 17.0 Å². The molecule has 4 rings (SSSR count). The maximum absolute atomic E-state index is 9.53. The van der Waals surface area contributed by atoms with Gasteiger partial charge >= 0.3 is 0 Å². The molecule has 1 aliphatic heterocycles. The first kappa shape index (κ1) is 18.3. The van der Waals surface area contributed by atoms with Crippen LogP contribution in [0.15, 0.2) is 54.3 Å². The van der Waals surface area contributed by atoms with E-state index >= 15 is 0 Å². The zero-order chi connectivity index (χ0) is 18.5. The van der Waals surface area contributed by atoms with E-state index in [0.717, 1.165) is 39.1 Å². The summed E-state index contributed by atoms with van der Waals surface area (Å²) in [5.74, 6) is 0.709. The highest BCUT2D eigenvalue weighted by Gasteiger charge is 2.27. The summed E-state index contributed by atoms with van der Waals surface area (Å²) in [6.45, 7) is 5.07. The summed E-state index contributed by atoms with van der Waals surface area (Å²) in [6, 6.07) is 10.7. The van der Waals surface area contributed by atoms with Gasteiger partial charge in [0, 0.05) is 74.5 Å². The fraction of sp³-hybridized carbons (Fsp3) is 0.400. The van der Waals surface area contributed by atoms with E-state index < -0.39 is 0 Å². The van der Waals surface area contributed by atoms with Gasteiger partial charge in [-0.15, -0.1) is 11.3 Å².